The number of amides is 1. The quantitative estimate of drug-likeness (QED) is 0.119. The monoisotopic (exact) mass is 617 g/mol. The number of ether oxygens (including phenoxy) is 4. The molecule has 0 radical (unpaired) electrons. The number of nitrogens with one attached hydrogen (secondary N) is 1. The molecule has 4 heterocycles. The molecule has 13 nitrogen and oxygen atoms in total. The van der Waals surface area contributed by atoms with Crippen LogP contribution in [0, 0.1) is 18.4 Å². The molecule has 0 aromatic carbocycles. The third-order valence-electron chi connectivity index (χ3n) is 7.80. The van der Waals surface area contributed by atoms with E-state index in [1.54, 1.807) is 0 Å². The van der Waals surface area contributed by atoms with E-state index < -0.39 is 54.8 Å². The predicted molar refractivity (Wildman–Crippen MR) is 154 cm³/mol. The second-order valence-electron chi connectivity index (χ2n) is 11.1. The Labute approximate surface area is 255 Å². The number of carbonyl (C=O) groups excluding carboxylic acids is 3. The van der Waals surface area contributed by atoms with Crippen molar-refractivity contribution >= 4 is 35.0 Å². The van der Waals surface area contributed by atoms with Gasteiger partial charge in [-0.2, -0.15) is 14.4 Å². The number of rotatable bonds is 16. The Bertz CT molecular complexity index is 1350. The summed E-state index contributed by atoms with van der Waals surface area (Å²) in [5, 5.41) is 13.2. The fourth-order valence-corrected chi connectivity index (χ4v) is 5.27. The highest BCUT2D eigenvalue weighted by Crippen LogP contribution is 2.38. The van der Waals surface area contributed by atoms with Gasteiger partial charge in [0.25, 0.3) is 5.91 Å². The van der Waals surface area contributed by atoms with Gasteiger partial charge >= 0.3 is 18.2 Å². The number of terminal acetylenes is 1. The van der Waals surface area contributed by atoms with Gasteiger partial charge < -0.3 is 29.4 Å². The first-order chi connectivity index (χ1) is 21.3. The molecule has 2 aliphatic rings. The van der Waals surface area contributed by atoms with Gasteiger partial charge in [0.2, 0.25) is 0 Å². The minimum atomic E-state index is -1.70. The minimum absolute atomic E-state index is 0.0344. The van der Waals surface area contributed by atoms with Crippen LogP contribution in [-0.2, 0) is 28.5 Å². The van der Waals surface area contributed by atoms with Crippen LogP contribution < -0.4 is 5.32 Å². The van der Waals surface area contributed by atoms with Gasteiger partial charge in [0, 0.05) is 19.3 Å². The lowest BCUT2D eigenvalue weighted by molar-refractivity contribution is -0.146. The molecule has 240 valence electrons. The van der Waals surface area contributed by atoms with Gasteiger partial charge in [-0.15, -0.1) is 6.42 Å². The van der Waals surface area contributed by atoms with Crippen molar-refractivity contribution in [3.63, 3.8) is 0 Å². The molecular formula is C30H40FN5O8. The van der Waals surface area contributed by atoms with Gasteiger partial charge in [-0.1, -0.05) is 70.6 Å². The summed E-state index contributed by atoms with van der Waals surface area (Å²) in [4.78, 5) is 47.6. The van der Waals surface area contributed by atoms with Crippen LogP contribution in [-0.4, -0.2) is 73.7 Å². The van der Waals surface area contributed by atoms with Crippen molar-refractivity contribution in [2.75, 3.05) is 18.5 Å². The third-order valence-corrected chi connectivity index (χ3v) is 7.80. The minimum Gasteiger partial charge on any atom is -0.452 e. The molecular weight excluding hydrogens is 577 g/mol. The molecule has 0 bridgehead atoms. The Morgan fingerprint density at radius 2 is 1.86 bits per heavy atom. The molecule has 2 saturated heterocycles. The van der Waals surface area contributed by atoms with Crippen LogP contribution in [0.25, 0.3) is 11.2 Å². The lowest BCUT2D eigenvalue weighted by atomic mass is 9.99. The molecule has 14 heteroatoms. The van der Waals surface area contributed by atoms with E-state index in [4.69, 9.17) is 25.4 Å². The van der Waals surface area contributed by atoms with E-state index in [9.17, 15) is 23.9 Å². The van der Waals surface area contributed by atoms with Gasteiger partial charge in [0.05, 0.1) is 12.9 Å². The highest BCUT2D eigenvalue weighted by atomic mass is 19.1. The Balaban J connectivity index is 1.27. The second kappa shape index (κ2) is 15.8. The first-order valence-electron chi connectivity index (χ1n) is 15.3. The summed E-state index contributed by atoms with van der Waals surface area (Å²) < 4.78 is 37.0. The first-order valence-corrected chi connectivity index (χ1v) is 15.3. The number of hydrogen-bond donors (Lipinski definition) is 2. The summed E-state index contributed by atoms with van der Waals surface area (Å²) in [7, 11) is 0. The number of imidazole rings is 1. The standard InChI is InChI=1S/C30H40FN5O8/c1-3-5-6-7-8-9-10-11-12-13-16-41-29(40)42-18-30(4-2)21(37)17-22(44-30)36-19-32-24-25(34-28(31)35-26(24)36)33-27(39)20-14-15-23(38)43-20/h2,19-22,37H,3,5-18H2,1H3,(H,33,34,35,39)/t20-,21+,22-,30-/m1/s1. The summed E-state index contributed by atoms with van der Waals surface area (Å²) in [5.41, 5.74) is -1.71. The third kappa shape index (κ3) is 8.41. The number of nitrogens with zero attached hydrogens (tertiary/aromatic N) is 4. The summed E-state index contributed by atoms with van der Waals surface area (Å²) in [5.74, 6) is 0.961. The normalized spacial score (nSPS) is 23.0. The Morgan fingerprint density at radius 3 is 2.52 bits per heavy atom. The van der Waals surface area contributed by atoms with E-state index >= 15 is 0 Å². The predicted octanol–water partition coefficient (Wildman–Crippen LogP) is 4.34. The number of cyclic esters (lactones) is 1. The number of aliphatic hydroxyl groups is 1. The average Bonchev–Trinajstić information content (AvgIpc) is 3.72. The number of hydrogen-bond acceptors (Lipinski definition) is 11. The molecule has 2 aromatic rings. The van der Waals surface area contributed by atoms with Crippen molar-refractivity contribution in [1.82, 2.24) is 19.5 Å². The highest BCUT2D eigenvalue weighted by molar-refractivity contribution is 6.00. The van der Waals surface area contributed by atoms with Crippen molar-refractivity contribution in [2.24, 2.45) is 0 Å². The van der Waals surface area contributed by atoms with E-state index in [-0.39, 0.29) is 42.9 Å². The zero-order valence-electron chi connectivity index (χ0n) is 25.0. The molecule has 4 atom stereocenters. The Kier molecular flexibility index (Phi) is 11.8. The van der Waals surface area contributed by atoms with Crippen molar-refractivity contribution in [3.05, 3.63) is 12.4 Å². The number of aliphatic hydroxyl groups excluding tert-OH is 1. The molecule has 2 aliphatic heterocycles. The van der Waals surface area contributed by atoms with E-state index in [1.165, 1.54) is 49.4 Å². The van der Waals surface area contributed by atoms with Gasteiger partial charge in [0.1, 0.15) is 18.9 Å². The zero-order chi connectivity index (χ0) is 31.5. The fourth-order valence-electron chi connectivity index (χ4n) is 5.27. The van der Waals surface area contributed by atoms with Crippen molar-refractivity contribution in [2.45, 2.75) is 114 Å². The van der Waals surface area contributed by atoms with E-state index in [2.05, 4.69) is 33.1 Å². The van der Waals surface area contributed by atoms with Gasteiger partial charge in [-0.3, -0.25) is 14.2 Å². The van der Waals surface area contributed by atoms with Gasteiger partial charge in [0.15, 0.2) is 28.7 Å². The summed E-state index contributed by atoms with van der Waals surface area (Å²) in [6, 6.07) is 0. The second-order valence-corrected chi connectivity index (χ2v) is 11.1. The molecule has 44 heavy (non-hydrogen) atoms. The molecule has 1 amide bonds. The van der Waals surface area contributed by atoms with Gasteiger partial charge in [-0.05, 0) is 6.42 Å². The SMILES string of the molecule is C#C[C@]1(COC(=O)OCCCCCCCCCCCC)O[C@@H](n2cnc3c(NC(=O)[C@H]4CCC(=O)O4)nc(F)nc32)C[C@@H]1O. The van der Waals surface area contributed by atoms with Crippen molar-refractivity contribution in [3.8, 4) is 12.3 Å². The molecule has 2 aromatic heterocycles. The van der Waals surface area contributed by atoms with Gasteiger partial charge in [-0.25, -0.2) is 9.78 Å². The number of esters is 1. The first kappa shape index (κ1) is 33.1. The number of unbranched alkanes of at least 4 members (excludes halogenated alkanes) is 9. The molecule has 4 rings (SSSR count). The topological polar surface area (TPSA) is 164 Å². The molecule has 2 N–H and O–H groups in total. The highest BCUT2D eigenvalue weighted by Gasteiger charge is 2.49. The Hall–Kier alpha value is -3.83. The van der Waals surface area contributed by atoms with Crippen LogP contribution in [0.5, 0.6) is 0 Å². The molecule has 0 spiro atoms. The van der Waals surface area contributed by atoms with Crippen LogP contribution in [0.2, 0.25) is 0 Å². The Morgan fingerprint density at radius 1 is 1.16 bits per heavy atom. The maximum absolute atomic E-state index is 14.4. The van der Waals surface area contributed by atoms with Crippen LogP contribution in [0.4, 0.5) is 15.0 Å². The smallest absolute Gasteiger partial charge is 0.452 e. The number of fused-ring (bicyclic) bond motifs is 1. The summed E-state index contributed by atoms with van der Waals surface area (Å²) in [6.45, 7) is 1.94. The van der Waals surface area contributed by atoms with Crippen LogP contribution in [0.1, 0.15) is 96.6 Å². The van der Waals surface area contributed by atoms with Crippen molar-refractivity contribution in [1.29, 1.82) is 0 Å². The summed E-state index contributed by atoms with van der Waals surface area (Å²) >= 11 is 0. The zero-order valence-corrected chi connectivity index (χ0v) is 25.0. The van der Waals surface area contributed by atoms with Crippen LogP contribution in [0.3, 0.4) is 0 Å². The van der Waals surface area contributed by atoms with Crippen LogP contribution >= 0.6 is 0 Å². The van der Waals surface area contributed by atoms with E-state index in [0.717, 1.165) is 19.3 Å². The number of anilines is 1. The lowest BCUT2D eigenvalue weighted by Gasteiger charge is -2.25. The van der Waals surface area contributed by atoms with Crippen molar-refractivity contribution < 1.29 is 42.8 Å². The molecule has 2 fully saturated rings. The maximum atomic E-state index is 14.4. The molecule has 0 saturated carbocycles. The fraction of sp³-hybridized carbons (Fsp3) is 0.667. The lowest BCUT2D eigenvalue weighted by Crippen LogP contribution is -2.43. The number of halogens is 1. The largest absolute Gasteiger partial charge is 0.508 e. The summed E-state index contributed by atoms with van der Waals surface area (Å²) in [6.07, 6.45) is 13.4. The number of carbonyl (C=O) groups is 3. The average molecular weight is 618 g/mol. The molecule has 0 aliphatic carbocycles. The van der Waals surface area contributed by atoms with E-state index in [1.807, 2.05) is 0 Å². The maximum Gasteiger partial charge on any atom is 0.508 e. The molecule has 0 unspecified atom stereocenters. The number of aromatic nitrogens is 4. The van der Waals surface area contributed by atoms with Crippen LogP contribution in [0.15, 0.2) is 6.33 Å². The van der Waals surface area contributed by atoms with E-state index in [0.29, 0.717) is 6.42 Å².